The molecular formula is C14H12F3N5O. The highest BCUT2D eigenvalue weighted by Crippen LogP contribution is 2.30. The largest absolute Gasteiger partial charge is 0.416 e. The topological polar surface area (TPSA) is 84.1 Å². The number of anilines is 2. The minimum atomic E-state index is -4.41. The summed E-state index contributed by atoms with van der Waals surface area (Å²) in [7, 11) is 0. The molecule has 0 radical (unpaired) electrons. The Hall–Kier alpha value is -2.84. The number of nitrogens with two attached hydrogens (primary N) is 1. The SMILES string of the molecule is Nc1ncc2c(n1)CN(C(=O)Nc1ccc(C(F)(F)F)cc1)C2. The lowest BCUT2D eigenvalue weighted by molar-refractivity contribution is -0.137. The van der Waals surface area contributed by atoms with Crippen molar-refractivity contribution >= 4 is 17.7 Å². The van der Waals surface area contributed by atoms with Crippen LogP contribution < -0.4 is 11.1 Å². The number of hydrogen-bond acceptors (Lipinski definition) is 4. The fourth-order valence-corrected chi connectivity index (χ4v) is 2.26. The van der Waals surface area contributed by atoms with Crippen LogP contribution in [0.25, 0.3) is 0 Å². The molecule has 1 aromatic carbocycles. The zero-order valence-electron chi connectivity index (χ0n) is 11.8. The van der Waals surface area contributed by atoms with Crippen molar-refractivity contribution in [3.8, 4) is 0 Å². The van der Waals surface area contributed by atoms with Crippen LogP contribution in [0.3, 0.4) is 0 Å². The number of rotatable bonds is 1. The lowest BCUT2D eigenvalue weighted by Crippen LogP contribution is -2.30. The maximum absolute atomic E-state index is 12.5. The van der Waals surface area contributed by atoms with Gasteiger partial charge in [-0.1, -0.05) is 0 Å². The van der Waals surface area contributed by atoms with Crippen LogP contribution in [0.5, 0.6) is 0 Å². The van der Waals surface area contributed by atoms with Gasteiger partial charge in [0.2, 0.25) is 5.95 Å². The smallest absolute Gasteiger partial charge is 0.368 e. The molecule has 0 aliphatic carbocycles. The molecule has 9 heteroatoms. The molecule has 0 atom stereocenters. The second-order valence-electron chi connectivity index (χ2n) is 5.06. The summed E-state index contributed by atoms with van der Waals surface area (Å²) in [5, 5.41) is 2.55. The van der Waals surface area contributed by atoms with Gasteiger partial charge in [0.15, 0.2) is 0 Å². The number of carbonyl (C=O) groups is 1. The molecule has 0 saturated carbocycles. The van der Waals surface area contributed by atoms with Crippen LogP contribution in [0.1, 0.15) is 16.8 Å². The fraction of sp³-hybridized carbons (Fsp3) is 0.214. The van der Waals surface area contributed by atoms with E-state index in [1.165, 1.54) is 17.0 Å². The predicted molar refractivity (Wildman–Crippen MR) is 76.2 cm³/mol. The third-order valence-corrected chi connectivity index (χ3v) is 3.43. The maximum Gasteiger partial charge on any atom is 0.416 e. The first kappa shape index (κ1) is 15.1. The number of aromatic nitrogens is 2. The van der Waals surface area contributed by atoms with Gasteiger partial charge in [0, 0.05) is 17.4 Å². The minimum absolute atomic E-state index is 0.133. The van der Waals surface area contributed by atoms with Crippen LogP contribution in [-0.4, -0.2) is 20.9 Å². The van der Waals surface area contributed by atoms with Crippen molar-refractivity contribution in [3.63, 3.8) is 0 Å². The Balaban J connectivity index is 1.67. The number of urea groups is 1. The normalized spacial score (nSPS) is 13.8. The van der Waals surface area contributed by atoms with Crippen molar-refractivity contribution in [1.82, 2.24) is 14.9 Å². The van der Waals surface area contributed by atoms with E-state index in [-0.39, 0.29) is 18.2 Å². The number of benzene rings is 1. The van der Waals surface area contributed by atoms with Gasteiger partial charge in [-0.15, -0.1) is 0 Å². The zero-order valence-corrected chi connectivity index (χ0v) is 11.8. The highest BCUT2D eigenvalue weighted by molar-refractivity contribution is 5.89. The van der Waals surface area contributed by atoms with Crippen LogP contribution in [-0.2, 0) is 19.3 Å². The zero-order chi connectivity index (χ0) is 16.6. The van der Waals surface area contributed by atoms with Crippen LogP contribution in [0.2, 0.25) is 0 Å². The monoisotopic (exact) mass is 323 g/mol. The molecule has 1 aliphatic rings. The Morgan fingerprint density at radius 1 is 1.22 bits per heavy atom. The number of alkyl halides is 3. The number of halogens is 3. The average molecular weight is 323 g/mol. The lowest BCUT2D eigenvalue weighted by Gasteiger charge is -2.16. The first-order valence-corrected chi connectivity index (χ1v) is 6.66. The Morgan fingerprint density at radius 3 is 2.57 bits per heavy atom. The number of nitrogens with one attached hydrogen (secondary N) is 1. The Labute approximate surface area is 129 Å². The van der Waals surface area contributed by atoms with E-state index in [2.05, 4.69) is 15.3 Å². The fourth-order valence-electron chi connectivity index (χ4n) is 2.26. The van der Waals surface area contributed by atoms with Crippen LogP contribution in [0, 0.1) is 0 Å². The first-order valence-electron chi connectivity index (χ1n) is 6.66. The average Bonchev–Trinajstić information content (AvgIpc) is 2.90. The summed E-state index contributed by atoms with van der Waals surface area (Å²) in [5.74, 6) is 0.133. The van der Waals surface area contributed by atoms with Gasteiger partial charge in [0.1, 0.15) is 0 Å². The van der Waals surface area contributed by atoms with E-state index >= 15 is 0 Å². The van der Waals surface area contributed by atoms with Crippen LogP contribution >= 0.6 is 0 Å². The van der Waals surface area contributed by atoms with Crippen LogP contribution in [0.4, 0.5) is 29.6 Å². The van der Waals surface area contributed by atoms with Crippen molar-refractivity contribution in [1.29, 1.82) is 0 Å². The molecule has 0 spiro atoms. The number of nitrogen functional groups attached to an aromatic ring is 1. The van der Waals surface area contributed by atoms with Gasteiger partial charge in [-0.25, -0.2) is 14.8 Å². The molecule has 3 rings (SSSR count). The summed E-state index contributed by atoms with van der Waals surface area (Å²) in [6.45, 7) is 0.594. The second kappa shape index (κ2) is 5.41. The van der Waals surface area contributed by atoms with Crippen molar-refractivity contribution < 1.29 is 18.0 Å². The van der Waals surface area contributed by atoms with Crippen LogP contribution in [0.15, 0.2) is 30.5 Å². The summed E-state index contributed by atoms with van der Waals surface area (Å²) >= 11 is 0. The Bertz CT molecular complexity index is 745. The van der Waals surface area contributed by atoms with E-state index in [0.717, 1.165) is 17.7 Å². The van der Waals surface area contributed by atoms with Gasteiger partial charge >= 0.3 is 12.2 Å². The summed E-state index contributed by atoms with van der Waals surface area (Å²) < 4.78 is 37.5. The molecule has 120 valence electrons. The van der Waals surface area contributed by atoms with E-state index in [1.54, 1.807) is 6.20 Å². The molecule has 0 fully saturated rings. The standard InChI is InChI=1S/C14H12F3N5O/c15-14(16,17)9-1-3-10(4-2-9)20-13(23)22-6-8-5-19-12(18)21-11(8)7-22/h1-5H,6-7H2,(H,20,23)(H2,18,19,21). The molecule has 0 saturated heterocycles. The maximum atomic E-state index is 12.5. The summed E-state index contributed by atoms with van der Waals surface area (Å²) in [6.07, 6.45) is -2.85. The van der Waals surface area contributed by atoms with Gasteiger partial charge in [-0.2, -0.15) is 13.2 Å². The van der Waals surface area contributed by atoms with Gasteiger partial charge in [0.25, 0.3) is 0 Å². The second-order valence-corrected chi connectivity index (χ2v) is 5.06. The van der Waals surface area contributed by atoms with E-state index in [0.29, 0.717) is 12.2 Å². The first-order chi connectivity index (χ1) is 10.8. The Morgan fingerprint density at radius 2 is 1.91 bits per heavy atom. The van der Waals surface area contributed by atoms with E-state index in [9.17, 15) is 18.0 Å². The van der Waals surface area contributed by atoms with E-state index in [4.69, 9.17) is 5.73 Å². The quantitative estimate of drug-likeness (QED) is 0.845. The molecule has 2 aromatic rings. The highest BCUT2D eigenvalue weighted by Gasteiger charge is 2.30. The number of amides is 2. The van der Waals surface area contributed by atoms with Crippen molar-refractivity contribution in [3.05, 3.63) is 47.3 Å². The molecule has 0 unspecified atom stereocenters. The molecule has 2 heterocycles. The molecule has 3 N–H and O–H groups in total. The number of nitrogens with zero attached hydrogens (tertiary/aromatic N) is 3. The lowest BCUT2D eigenvalue weighted by atomic mass is 10.2. The van der Waals surface area contributed by atoms with Crippen molar-refractivity contribution in [2.24, 2.45) is 0 Å². The number of fused-ring (bicyclic) bond motifs is 1. The summed E-state index contributed by atoms with van der Waals surface area (Å²) in [4.78, 5) is 21.5. The molecule has 0 bridgehead atoms. The minimum Gasteiger partial charge on any atom is -0.368 e. The van der Waals surface area contributed by atoms with Gasteiger partial charge in [-0.3, -0.25) is 0 Å². The van der Waals surface area contributed by atoms with Crippen molar-refractivity contribution in [2.45, 2.75) is 19.3 Å². The molecule has 6 nitrogen and oxygen atoms in total. The summed E-state index contributed by atoms with van der Waals surface area (Å²) in [5.41, 5.74) is 6.47. The van der Waals surface area contributed by atoms with Gasteiger partial charge in [-0.05, 0) is 24.3 Å². The highest BCUT2D eigenvalue weighted by atomic mass is 19.4. The van der Waals surface area contributed by atoms with Gasteiger partial charge in [0.05, 0.1) is 24.3 Å². The molecule has 23 heavy (non-hydrogen) atoms. The van der Waals surface area contributed by atoms with E-state index < -0.39 is 17.8 Å². The third kappa shape index (κ3) is 3.17. The number of carbonyl (C=O) groups excluding carboxylic acids is 1. The molecular weight excluding hydrogens is 311 g/mol. The summed E-state index contributed by atoms with van der Waals surface area (Å²) in [6, 6.07) is 3.83. The Kier molecular flexibility index (Phi) is 3.55. The van der Waals surface area contributed by atoms with Crippen molar-refractivity contribution in [2.75, 3.05) is 11.1 Å². The molecule has 2 amide bonds. The third-order valence-electron chi connectivity index (χ3n) is 3.43. The van der Waals surface area contributed by atoms with E-state index in [1.807, 2.05) is 0 Å². The predicted octanol–water partition coefficient (Wildman–Crippen LogP) is 2.63. The number of hydrogen-bond donors (Lipinski definition) is 2. The van der Waals surface area contributed by atoms with Gasteiger partial charge < -0.3 is 16.0 Å². The molecule has 1 aliphatic heterocycles. The molecule has 1 aromatic heterocycles.